The van der Waals surface area contributed by atoms with E-state index in [4.69, 9.17) is 9.47 Å². The highest BCUT2D eigenvalue weighted by Crippen LogP contribution is 2.49. The van der Waals surface area contributed by atoms with Gasteiger partial charge in [0.25, 0.3) is 0 Å². The van der Waals surface area contributed by atoms with Gasteiger partial charge in [-0.05, 0) is 61.3 Å². The quantitative estimate of drug-likeness (QED) is 0.435. The number of hydrogen-bond acceptors (Lipinski definition) is 5. The molecule has 0 aromatic carbocycles. The zero-order valence-electron chi connectivity index (χ0n) is 16.8. The summed E-state index contributed by atoms with van der Waals surface area (Å²) in [6.45, 7) is 14.2. The molecular weight excluding hydrogens is 320 g/mol. The first kappa shape index (κ1) is 21.4. The molecule has 25 heavy (non-hydrogen) atoms. The second-order valence-corrected chi connectivity index (χ2v) is 8.70. The highest BCUT2D eigenvalue weighted by Gasteiger charge is 2.58. The predicted octanol–water partition coefficient (Wildman–Crippen LogP) is 3.99. The maximum atomic E-state index is 13.0. The lowest BCUT2D eigenvalue weighted by atomic mass is 9.84. The van der Waals surface area contributed by atoms with E-state index in [0.29, 0.717) is 6.42 Å². The average Bonchev–Trinajstić information content (AvgIpc) is 2.84. The van der Waals surface area contributed by atoms with Crippen LogP contribution in [0.1, 0.15) is 74.7 Å². The van der Waals surface area contributed by atoms with Crippen LogP contribution in [0.4, 0.5) is 0 Å². The molecule has 1 rings (SSSR count). The van der Waals surface area contributed by atoms with Crippen molar-refractivity contribution in [2.75, 3.05) is 0 Å². The molecule has 0 saturated heterocycles. The van der Waals surface area contributed by atoms with E-state index in [-0.39, 0.29) is 18.6 Å². The third-order valence-electron chi connectivity index (χ3n) is 4.19. The fourth-order valence-electron chi connectivity index (χ4n) is 3.04. The zero-order chi connectivity index (χ0) is 19.6. The van der Waals surface area contributed by atoms with Crippen LogP contribution in [0.2, 0.25) is 0 Å². The van der Waals surface area contributed by atoms with Crippen molar-refractivity contribution in [3.8, 4) is 0 Å². The van der Waals surface area contributed by atoms with Gasteiger partial charge in [0.1, 0.15) is 17.0 Å². The van der Waals surface area contributed by atoms with Crippen LogP contribution in [0.3, 0.4) is 0 Å². The third-order valence-corrected chi connectivity index (χ3v) is 4.19. The van der Waals surface area contributed by atoms with Crippen molar-refractivity contribution in [1.82, 2.24) is 0 Å². The van der Waals surface area contributed by atoms with Crippen LogP contribution in [-0.2, 0) is 23.9 Å². The minimum Gasteiger partial charge on any atom is -0.459 e. The van der Waals surface area contributed by atoms with E-state index in [1.165, 1.54) is 0 Å². The minimum atomic E-state index is -1.46. The molecule has 0 amide bonds. The molecule has 1 atom stereocenters. The number of rotatable bonds is 4. The van der Waals surface area contributed by atoms with Crippen molar-refractivity contribution >= 4 is 17.7 Å². The predicted molar refractivity (Wildman–Crippen MR) is 95.9 cm³/mol. The second-order valence-electron chi connectivity index (χ2n) is 8.70. The Morgan fingerprint density at radius 1 is 1.04 bits per heavy atom. The monoisotopic (exact) mass is 352 g/mol. The number of ether oxygens (including phenoxy) is 2. The molecule has 1 saturated carbocycles. The fourth-order valence-corrected chi connectivity index (χ4v) is 3.04. The average molecular weight is 352 g/mol. The number of carbonyl (C=O) groups is 3. The lowest BCUT2D eigenvalue weighted by Gasteiger charge is -2.32. The van der Waals surface area contributed by atoms with Gasteiger partial charge in [-0.1, -0.05) is 18.6 Å². The first-order valence-electron chi connectivity index (χ1n) is 8.90. The van der Waals surface area contributed by atoms with E-state index >= 15 is 0 Å². The van der Waals surface area contributed by atoms with Gasteiger partial charge < -0.3 is 9.47 Å². The molecule has 0 aromatic heterocycles. The number of ketones is 1. The number of hydrogen-bond donors (Lipinski definition) is 0. The summed E-state index contributed by atoms with van der Waals surface area (Å²) in [4.78, 5) is 38.3. The molecule has 0 aromatic rings. The Labute approximate surface area is 151 Å². The Morgan fingerprint density at radius 3 is 1.80 bits per heavy atom. The number of allylic oxidation sites excluding steroid dienone is 2. The SMILES string of the molecule is C/C=C1\CC(C(=O)OC(C)(C)C)(C(=O)OC(C)(C)C)CC1C(=O)CC. The topological polar surface area (TPSA) is 69.7 Å². The Bertz CT molecular complexity index is 544. The van der Waals surface area contributed by atoms with Crippen LogP contribution in [0.15, 0.2) is 11.6 Å². The van der Waals surface area contributed by atoms with Gasteiger partial charge in [-0.2, -0.15) is 0 Å². The summed E-state index contributed by atoms with van der Waals surface area (Å²) >= 11 is 0. The standard InChI is InChI=1S/C20H32O5/c1-9-13-11-20(12-14(13)15(21)10-2,16(22)24-18(3,4)5)17(23)25-19(6,7)8/h9,14H,10-12H2,1-8H3/b13-9+. The smallest absolute Gasteiger partial charge is 0.324 e. The van der Waals surface area contributed by atoms with Crippen molar-refractivity contribution < 1.29 is 23.9 Å². The molecule has 0 spiro atoms. The van der Waals surface area contributed by atoms with Crippen molar-refractivity contribution in [2.24, 2.45) is 11.3 Å². The summed E-state index contributed by atoms with van der Waals surface area (Å²) in [7, 11) is 0. The first-order valence-corrected chi connectivity index (χ1v) is 8.90. The summed E-state index contributed by atoms with van der Waals surface area (Å²) in [5.41, 5.74) is -2.11. The van der Waals surface area contributed by atoms with Gasteiger partial charge in [0.05, 0.1) is 0 Å². The van der Waals surface area contributed by atoms with E-state index in [1.54, 1.807) is 48.5 Å². The highest BCUT2D eigenvalue weighted by molar-refractivity contribution is 6.03. The third kappa shape index (κ3) is 5.16. The van der Waals surface area contributed by atoms with Gasteiger partial charge in [0, 0.05) is 12.3 Å². The maximum absolute atomic E-state index is 13.0. The Morgan fingerprint density at radius 2 is 1.48 bits per heavy atom. The molecule has 1 aliphatic rings. The van der Waals surface area contributed by atoms with Crippen LogP contribution in [-0.4, -0.2) is 28.9 Å². The van der Waals surface area contributed by atoms with Gasteiger partial charge in [-0.25, -0.2) is 0 Å². The van der Waals surface area contributed by atoms with Crippen molar-refractivity contribution in [3.63, 3.8) is 0 Å². The van der Waals surface area contributed by atoms with Crippen molar-refractivity contribution in [3.05, 3.63) is 11.6 Å². The summed E-state index contributed by atoms with van der Waals surface area (Å²) in [6, 6.07) is 0. The molecule has 0 bridgehead atoms. The van der Waals surface area contributed by atoms with Gasteiger partial charge in [0.15, 0.2) is 5.41 Å². The van der Waals surface area contributed by atoms with Gasteiger partial charge in [0.2, 0.25) is 0 Å². The summed E-state index contributed by atoms with van der Waals surface area (Å²) in [5, 5.41) is 0. The van der Waals surface area contributed by atoms with Crippen LogP contribution in [0.5, 0.6) is 0 Å². The number of Topliss-reactive ketones (excluding diaryl/α,β-unsaturated/α-hetero) is 1. The first-order chi connectivity index (χ1) is 11.3. The summed E-state index contributed by atoms with van der Waals surface area (Å²) in [5.74, 6) is -1.63. The second kappa shape index (κ2) is 7.30. The minimum absolute atomic E-state index is 0.0297. The van der Waals surface area contributed by atoms with Crippen molar-refractivity contribution in [1.29, 1.82) is 0 Å². The molecule has 5 nitrogen and oxygen atoms in total. The van der Waals surface area contributed by atoms with E-state index in [2.05, 4.69) is 0 Å². The lowest BCUT2D eigenvalue weighted by Crippen LogP contribution is -2.45. The molecule has 5 heteroatoms. The van der Waals surface area contributed by atoms with Crippen LogP contribution in [0.25, 0.3) is 0 Å². The maximum Gasteiger partial charge on any atom is 0.324 e. The van der Waals surface area contributed by atoms with E-state index in [9.17, 15) is 14.4 Å². The molecule has 1 fully saturated rings. The van der Waals surface area contributed by atoms with Crippen LogP contribution >= 0.6 is 0 Å². The molecular formula is C20H32O5. The van der Waals surface area contributed by atoms with Crippen LogP contribution < -0.4 is 0 Å². The summed E-state index contributed by atoms with van der Waals surface area (Å²) < 4.78 is 11.1. The van der Waals surface area contributed by atoms with E-state index < -0.39 is 34.5 Å². The lowest BCUT2D eigenvalue weighted by molar-refractivity contribution is -0.184. The van der Waals surface area contributed by atoms with Gasteiger partial charge in [-0.15, -0.1) is 0 Å². The molecule has 0 heterocycles. The molecule has 1 unspecified atom stereocenters. The highest BCUT2D eigenvalue weighted by atomic mass is 16.6. The van der Waals surface area contributed by atoms with Crippen LogP contribution in [0, 0.1) is 11.3 Å². The van der Waals surface area contributed by atoms with Crippen molar-refractivity contribution in [2.45, 2.75) is 85.9 Å². The van der Waals surface area contributed by atoms with Gasteiger partial charge >= 0.3 is 11.9 Å². The summed E-state index contributed by atoms with van der Waals surface area (Å²) in [6.07, 6.45) is 2.47. The van der Waals surface area contributed by atoms with E-state index in [1.807, 2.05) is 13.0 Å². The molecule has 0 radical (unpaired) electrons. The number of esters is 2. The molecule has 0 N–H and O–H groups in total. The molecule has 0 aliphatic heterocycles. The van der Waals surface area contributed by atoms with Gasteiger partial charge in [-0.3, -0.25) is 14.4 Å². The van der Waals surface area contributed by atoms with E-state index in [0.717, 1.165) is 5.57 Å². The Kier molecular flexibility index (Phi) is 6.25. The molecule has 142 valence electrons. The Balaban J connectivity index is 3.33. The largest absolute Gasteiger partial charge is 0.459 e. The molecule has 1 aliphatic carbocycles. The number of carbonyl (C=O) groups excluding carboxylic acids is 3. The fraction of sp³-hybridized carbons (Fsp3) is 0.750. The zero-order valence-corrected chi connectivity index (χ0v) is 16.8. The normalized spacial score (nSPS) is 21.9. The Hall–Kier alpha value is -1.65.